The number of ether oxygens (including phenoxy) is 1. The van der Waals surface area contributed by atoms with Gasteiger partial charge in [-0.25, -0.2) is 9.59 Å². The lowest BCUT2D eigenvalue weighted by molar-refractivity contribution is -0.140. The van der Waals surface area contributed by atoms with Crippen LogP contribution in [0.1, 0.15) is 30.9 Å². The molecule has 4 rings (SSSR count). The Balaban J connectivity index is 2.04. The molecule has 0 amide bonds. The van der Waals surface area contributed by atoms with E-state index in [1.807, 2.05) is 30.3 Å². The third kappa shape index (κ3) is 4.24. The fourth-order valence-electron chi connectivity index (χ4n) is 4.50. The maximum atomic E-state index is 13.3. The van der Waals surface area contributed by atoms with Crippen molar-refractivity contribution in [3.8, 4) is 11.3 Å². The molecule has 0 bridgehead atoms. The Morgan fingerprint density at radius 1 is 1.00 bits per heavy atom. The minimum atomic E-state index is -1.23. The molecule has 35 heavy (non-hydrogen) atoms. The summed E-state index contributed by atoms with van der Waals surface area (Å²) in [5.74, 6) is -2.70. The van der Waals surface area contributed by atoms with Gasteiger partial charge in [0.1, 0.15) is 18.0 Å². The lowest BCUT2D eigenvalue weighted by Gasteiger charge is -2.30. The zero-order valence-electron chi connectivity index (χ0n) is 19.5. The van der Waals surface area contributed by atoms with E-state index in [2.05, 4.69) is 5.32 Å². The Hall–Kier alpha value is -4.17. The zero-order valence-corrected chi connectivity index (χ0v) is 19.5. The molecular formula is C27H25NO7. The summed E-state index contributed by atoms with van der Waals surface area (Å²) in [6.45, 7) is 4.32. The molecule has 1 aliphatic heterocycles. The number of carbonyl (C=O) groups excluding carboxylic acids is 1. The second-order valence-electron chi connectivity index (χ2n) is 8.28. The quantitative estimate of drug-likeness (QED) is 0.462. The number of dihydropyridines is 1. The highest BCUT2D eigenvalue weighted by Crippen LogP contribution is 2.42. The standard InChI is InChI=1S/C27H25NO7/c1-14-23(30)19-11-7-10-18(25(19)35-24(14)17-8-5-4-6-9-17)22-20(26(31)32)15(2)28-16(3)21(22)27(33)34-13-12-29/h4-11,22,28-29H,12-13H2,1-3H3,(H,31,32). The summed E-state index contributed by atoms with van der Waals surface area (Å²) in [6.07, 6.45) is 0. The number of aliphatic hydroxyl groups is 1. The van der Waals surface area contributed by atoms with Gasteiger partial charge < -0.3 is 24.7 Å². The first kappa shape index (κ1) is 24.0. The molecule has 0 aliphatic carbocycles. The van der Waals surface area contributed by atoms with Crippen LogP contribution in [0, 0.1) is 6.92 Å². The van der Waals surface area contributed by atoms with Crippen molar-refractivity contribution < 1.29 is 29.0 Å². The highest BCUT2D eigenvalue weighted by atomic mass is 16.5. The Kier molecular flexibility index (Phi) is 6.57. The number of rotatable bonds is 6. The third-order valence-electron chi connectivity index (χ3n) is 6.06. The van der Waals surface area contributed by atoms with Gasteiger partial charge in [-0.05, 0) is 26.8 Å². The van der Waals surface area contributed by atoms with Crippen LogP contribution in [-0.4, -0.2) is 35.4 Å². The van der Waals surface area contributed by atoms with Crippen molar-refractivity contribution in [2.45, 2.75) is 26.7 Å². The van der Waals surface area contributed by atoms with E-state index in [0.29, 0.717) is 33.8 Å². The van der Waals surface area contributed by atoms with Gasteiger partial charge in [0, 0.05) is 28.1 Å². The van der Waals surface area contributed by atoms with Crippen molar-refractivity contribution in [1.29, 1.82) is 0 Å². The number of hydrogen-bond acceptors (Lipinski definition) is 7. The van der Waals surface area contributed by atoms with E-state index >= 15 is 0 Å². The van der Waals surface area contributed by atoms with Crippen molar-refractivity contribution in [3.63, 3.8) is 0 Å². The Morgan fingerprint density at radius 3 is 2.34 bits per heavy atom. The van der Waals surface area contributed by atoms with Gasteiger partial charge in [0.25, 0.3) is 0 Å². The minimum absolute atomic E-state index is 0.0662. The van der Waals surface area contributed by atoms with Crippen molar-refractivity contribution in [3.05, 3.63) is 92.4 Å². The average Bonchev–Trinajstić information content (AvgIpc) is 2.84. The minimum Gasteiger partial charge on any atom is -0.478 e. The highest BCUT2D eigenvalue weighted by molar-refractivity contribution is 6.01. The van der Waals surface area contributed by atoms with Gasteiger partial charge >= 0.3 is 11.9 Å². The van der Waals surface area contributed by atoms with Gasteiger partial charge in [-0.2, -0.15) is 0 Å². The molecule has 1 atom stereocenters. The number of para-hydroxylation sites is 1. The van der Waals surface area contributed by atoms with E-state index in [1.54, 1.807) is 39.0 Å². The topological polar surface area (TPSA) is 126 Å². The van der Waals surface area contributed by atoms with Gasteiger partial charge in [-0.3, -0.25) is 4.79 Å². The molecule has 180 valence electrons. The van der Waals surface area contributed by atoms with Crippen molar-refractivity contribution in [1.82, 2.24) is 5.32 Å². The molecule has 3 N–H and O–H groups in total. The second-order valence-corrected chi connectivity index (χ2v) is 8.28. The molecule has 0 saturated heterocycles. The number of aliphatic hydroxyl groups excluding tert-OH is 1. The maximum absolute atomic E-state index is 13.3. The molecule has 3 aromatic rings. The van der Waals surface area contributed by atoms with Crippen LogP contribution in [0.25, 0.3) is 22.3 Å². The summed E-state index contributed by atoms with van der Waals surface area (Å²) in [6, 6.07) is 14.0. The van der Waals surface area contributed by atoms with Gasteiger partial charge in [0.05, 0.1) is 29.1 Å². The van der Waals surface area contributed by atoms with E-state index in [-0.39, 0.29) is 40.8 Å². The average molecular weight is 475 g/mol. The van der Waals surface area contributed by atoms with Gasteiger partial charge in [-0.15, -0.1) is 0 Å². The van der Waals surface area contributed by atoms with Crippen LogP contribution in [0.4, 0.5) is 0 Å². The molecule has 0 saturated carbocycles. The molecule has 0 radical (unpaired) electrons. The Labute approximate surface area is 201 Å². The zero-order chi connectivity index (χ0) is 25.3. The molecule has 0 fully saturated rings. The lowest BCUT2D eigenvalue weighted by atomic mass is 9.79. The van der Waals surface area contributed by atoms with E-state index in [4.69, 9.17) is 14.3 Å². The maximum Gasteiger partial charge on any atom is 0.336 e. The normalized spacial score (nSPS) is 15.8. The number of hydrogen-bond donors (Lipinski definition) is 3. The summed E-state index contributed by atoms with van der Waals surface area (Å²) >= 11 is 0. The molecule has 8 nitrogen and oxygen atoms in total. The summed E-state index contributed by atoms with van der Waals surface area (Å²) < 4.78 is 11.5. The summed E-state index contributed by atoms with van der Waals surface area (Å²) in [5.41, 5.74) is 2.19. The number of fused-ring (bicyclic) bond motifs is 1. The molecular weight excluding hydrogens is 450 g/mol. The molecule has 1 aromatic heterocycles. The molecule has 8 heteroatoms. The first-order chi connectivity index (χ1) is 16.8. The molecule has 2 heterocycles. The fourth-order valence-corrected chi connectivity index (χ4v) is 4.50. The van der Waals surface area contributed by atoms with Crippen LogP contribution in [-0.2, 0) is 14.3 Å². The number of carbonyl (C=O) groups is 2. The van der Waals surface area contributed by atoms with Crippen LogP contribution in [0.2, 0.25) is 0 Å². The van der Waals surface area contributed by atoms with Gasteiger partial charge in [0.2, 0.25) is 0 Å². The molecule has 1 unspecified atom stereocenters. The number of benzene rings is 2. The van der Waals surface area contributed by atoms with Crippen LogP contribution < -0.4 is 10.7 Å². The van der Waals surface area contributed by atoms with E-state index in [0.717, 1.165) is 0 Å². The first-order valence-electron chi connectivity index (χ1n) is 11.1. The van der Waals surface area contributed by atoms with Crippen LogP contribution >= 0.6 is 0 Å². The molecule has 2 aromatic carbocycles. The van der Waals surface area contributed by atoms with Crippen LogP contribution in [0.3, 0.4) is 0 Å². The number of allylic oxidation sites excluding steroid dienone is 2. The largest absolute Gasteiger partial charge is 0.478 e. The summed E-state index contributed by atoms with van der Waals surface area (Å²) in [7, 11) is 0. The predicted octanol–water partition coefficient (Wildman–Crippen LogP) is 3.62. The van der Waals surface area contributed by atoms with E-state index in [1.165, 1.54) is 0 Å². The van der Waals surface area contributed by atoms with Crippen LogP contribution in [0.15, 0.2) is 80.3 Å². The van der Waals surface area contributed by atoms with Crippen molar-refractivity contribution in [2.75, 3.05) is 13.2 Å². The number of esters is 1. The smallest absolute Gasteiger partial charge is 0.336 e. The lowest BCUT2D eigenvalue weighted by Crippen LogP contribution is -2.32. The number of carboxylic acids is 1. The number of carboxylic acid groups (broad SMARTS) is 1. The van der Waals surface area contributed by atoms with E-state index in [9.17, 15) is 19.5 Å². The summed E-state index contributed by atoms with van der Waals surface area (Å²) in [4.78, 5) is 38.7. The van der Waals surface area contributed by atoms with E-state index < -0.39 is 17.9 Å². The molecule has 0 spiro atoms. The SMILES string of the molecule is CC1=C(C(=O)O)C(c2cccc3c(=O)c(C)c(-c4ccccc4)oc23)C(C(=O)OCCO)=C(C)N1. The third-order valence-corrected chi connectivity index (χ3v) is 6.06. The van der Waals surface area contributed by atoms with Gasteiger partial charge in [-0.1, -0.05) is 42.5 Å². The fraction of sp³-hybridized carbons (Fsp3) is 0.222. The van der Waals surface area contributed by atoms with Crippen LogP contribution in [0.5, 0.6) is 0 Å². The Bertz CT molecular complexity index is 1450. The highest BCUT2D eigenvalue weighted by Gasteiger charge is 2.39. The number of aliphatic carboxylic acids is 1. The number of nitrogens with one attached hydrogen (secondary N) is 1. The van der Waals surface area contributed by atoms with Gasteiger partial charge in [0.15, 0.2) is 5.43 Å². The van der Waals surface area contributed by atoms with Crippen molar-refractivity contribution in [2.24, 2.45) is 0 Å². The second kappa shape index (κ2) is 9.60. The first-order valence-corrected chi connectivity index (χ1v) is 11.1. The van der Waals surface area contributed by atoms with Crippen molar-refractivity contribution >= 4 is 22.9 Å². The summed E-state index contributed by atoms with van der Waals surface area (Å²) in [5, 5.41) is 22.4. The monoisotopic (exact) mass is 475 g/mol. The Morgan fingerprint density at radius 2 is 1.69 bits per heavy atom. The molecule has 1 aliphatic rings. The predicted molar refractivity (Wildman–Crippen MR) is 130 cm³/mol.